The fourth-order valence-electron chi connectivity index (χ4n) is 16.2. The number of aromatic nitrogens is 2. The van der Waals surface area contributed by atoms with Gasteiger partial charge in [0.05, 0.1) is 11.8 Å². The number of nitrogens with zero attached hydrogens (tertiary/aromatic N) is 6. The number of hydrogen-bond acceptors (Lipinski definition) is 14. The number of hydrogen-bond donors (Lipinski definition) is 8. The maximum atomic E-state index is 14.2. The fourth-order valence-corrected chi connectivity index (χ4v) is 16.2. The van der Waals surface area contributed by atoms with Crippen molar-refractivity contribution in [2.75, 3.05) is 40.3 Å². The van der Waals surface area contributed by atoms with E-state index in [9.17, 15) is 39.0 Å². The lowest BCUT2D eigenvalue weighted by molar-refractivity contribution is -0.315. The van der Waals surface area contributed by atoms with Crippen molar-refractivity contribution in [3.63, 3.8) is 0 Å². The molecule has 16 rings (SSSR count). The first-order valence-corrected chi connectivity index (χ1v) is 32.3. The lowest BCUT2D eigenvalue weighted by atomic mass is 9.79. The first kappa shape index (κ1) is 60.5. The largest absolute Gasteiger partial charge is 0.394 e. The number of carbonyl (C=O) groups excluding carboxylic acids is 6. The van der Waals surface area contributed by atoms with Crippen LogP contribution in [0.2, 0.25) is 0 Å². The van der Waals surface area contributed by atoms with Crippen LogP contribution in [0.5, 0.6) is 0 Å². The number of rotatable bonds is 8. The molecular formula is C66H72N10O14S. The molecule has 6 fully saturated rings. The van der Waals surface area contributed by atoms with Crippen molar-refractivity contribution in [3.05, 3.63) is 155 Å². The van der Waals surface area contributed by atoms with Crippen LogP contribution in [-0.2, 0) is 74.3 Å². The molecule has 24 nitrogen and oxygen atoms in total. The van der Waals surface area contributed by atoms with Crippen LogP contribution in [0.3, 0.4) is 0 Å². The third-order valence-corrected chi connectivity index (χ3v) is 20.3. The molecule has 0 bridgehead atoms. The van der Waals surface area contributed by atoms with Gasteiger partial charge in [-0.15, -0.1) is 0 Å². The average Bonchev–Trinajstić information content (AvgIpc) is 1.55. The van der Waals surface area contributed by atoms with E-state index in [1.165, 1.54) is 45.5 Å². The van der Waals surface area contributed by atoms with Gasteiger partial charge >= 0.3 is 10.4 Å². The third kappa shape index (κ3) is 10.1. The maximum Gasteiger partial charge on any atom is 0.394 e. The van der Waals surface area contributed by atoms with E-state index < -0.39 is 81.5 Å². The highest BCUT2D eigenvalue weighted by molar-refractivity contribution is 7.79. The lowest BCUT2D eigenvalue weighted by Crippen LogP contribution is -2.71. The van der Waals surface area contributed by atoms with Crippen molar-refractivity contribution in [1.29, 1.82) is 0 Å². The predicted molar refractivity (Wildman–Crippen MR) is 330 cm³/mol. The van der Waals surface area contributed by atoms with Crippen molar-refractivity contribution in [2.24, 2.45) is 11.8 Å². The Morgan fingerprint density at radius 3 is 1.36 bits per heavy atom. The summed E-state index contributed by atoms with van der Waals surface area (Å²) in [6.07, 6.45) is 12.8. The summed E-state index contributed by atoms with van der Waals surface area (Å²) in [5.41, 5.74) is 7.17. The second-order valence-electron chi connectivity index (χ2n) is 26.0. The zero-order valence-corrected chi connectivity index (χ0v) is 51.4. The van der Waals surface area contributed by atoms with E-state index in [2.05, 4.69) is 67.1 Å². The Kier molecular flexibility index (Phi) is 14.6. The highest BCUT2D eigenvalue weighted by Gasteiger charge is 2.71. The number of ether oxygens (including phenoxy) is 2. The molecule has 0 saturated carbocycles. The normalized spacial score (nSPS) is 32.1. The number of H-pyrrole nitrogens is 2. The summed E-state index contributed by atoms with van der Waals surface area (Å²) in [5.74, 6) is -7.53. The van der Waals surface area contributed by atoms with Crippen LogP contribution in [-0.4, -0.2) is 202 Å². The zero-order valence-electron chi connectivity index (χ0n) is 50.6. The van der Waals surface area contributed by atoms with Gasteiger partial charge in [0.15, 0.2) is 0 Å². The molecule has 6 amide bonds. The van der Waals surface area contributed by atoms with Crippen LogP contribution in [0.4, 0.5) is 0 Å². The van der Waals surface area contributed by atoms with Crippen LogP contribution < -0.4 is 10.6 Å². The number of piperazine rings is 2. The van der Waals surface area contributed by atoms with Crippen LogP contribution in [0.25, 0.3) is 33.0 Å². The first-order valence-electron chi connectivity index (χ1n) is 30.9. The van der Waals surface area contributed by atoms with E-state index in [4.69, 9.17) is 27.0 Å². The quantitative estimate of drug-likeness (QED) is 0.101. The molecular weight excluding hydrogens is 1190 g/mol. The van der Waals surface area contributed by atoms with Crippen molar-refractivity contribution in [3.8, 4) is 0 Å². The molecule has 10 aliphatic rings. The molecule has 25 heteroatoms. The minimum atomic E-state index is -4.67. The van der Waals surface area contributed by atoms with Crippen molar-refractivity contribution < 1.29 is 66.0 Å². The molecule has 4 aromatic carbocycles. The van der Waals surface area contributed by atoms with Crippen LogP contribution in [0.15, 0.2) is 122 Å². The van der Waals surface area contributed by atoms with Gasteiger partial charge < -0.3 is 40.6 Å². The van der Waals surface area contributed by atoms with E-state index in [1.807, 2.05) is 99.0 Å². The fraction of sp³-hybridized carbons (Fsp3) is 0.424. The number of benzene rings is 4. The summed E-state index contributed by atoms with van der Waals surface area (Å²) in [7, 11) is -0.627. The molecule has 8 N–H and O–H groups in total. The molecule has 10 heterocycles. The van der Waals surface area contributed by atoms with Crippen molar-refractivity contribution in [2.45, 2.75) is 125 Å². The van der Waals surface area contributed by atoms with Gasteiger partial charge in [-0.1, -0.05) is 97.1 Å². The molecule has 2 aliphatic carbocycles. The summed E-state index contributed by atoms with van der Waals surface area (Å²) >= 11 is 0. The Hall–Kier alpha value is -8.11. The number of carbonyl (C=O) groups is 6. The number of amides is 6. The highest BCUT2D eigenvalue weighted by Crippen LogP contribution is 2.49. The second-order valence-corrected chi connectivity index (χ2v) is 26.9. The average molecular weight is 1260 g/mol. The number of nitrogens with one attached hydrogen (secondary N) is 4. The Labute approximate surface area is 524 Å². The summed E-state index contributed by atoms with van der Waals surface area (Å²) < 4.78 is 44.0. The lowest BCUT2D eigenvalue weighted by Gasteiger charge is -2.48. The summed E-state index contributed by atoms with van der Waals surface area (Å²) in [5, 5.41) is 32.2. The Balaban J connectivity index is 0.000000148. The monoisotopic (exact) mass is 1260 g/mol. The summed E-state index contributed by atoms with van der Waals surface area (Å²) in [6, 6.07) is 28.2. The van der Waals surface area contributed by atoms with Gasteiger partial charge in [-0.05, 0) is 123 Å². The van der Waals surface area contributed by atoms with E-state index in [1.54, 1.807) is 9.80 Å². The second kappa shape index (κ2) is 22.0. The molecule has 91 heavy (non-hydrogen) atoms. The van der Waals surface area contributed by atoms with Crippen LogP contribution in [0.1, 0.15) is 72.9 Å². The van der Waals surface area contributed by atoms with Gasteiger partial charge in [0.1, 0.15) is 24.2 Å². The topological polar surface area (TPSA) is 311 Å². The van der Waals surface area contributed by atoms with Crippen LogP contribution in [0, 0.1) is 11.8 Å². The molecule has 0 spiro atoms. The number of fused-ring (bicyclic) bond motifs is 10. The molecule has 8 aliphatic heterocycles. The number of aliphatic hydroxyl groups is 2. The van der Waals surface area contributed by atoms with Gasteiger partial charge in [-0.25, -0.2) is 0 Å². The highest BCUT2D eigenvalue weighted by atomic mass is 32.3. The standard InChI is InChI=1S/2C33H35N5O5.H2O4S/c2*1-32(35-29(39)21-15-23-22-10-6-11-24-28(22)20(17-34-24)16-25(23)36(2)18-21)31(41)38-26(14-19-8-4-3-5-9-19)30(40)37-13-7-12-27(37)33(38,42)43-32;1-5(2,3)4/h2*3-6,8-11,15,17,21,25-27,34,42H,7,12-14,16,18H2,1-2H3,(H,35,39);(H2,1,2,3,4)/t2*21-,25-,26+,27+,32-,33+;/m11./s1. The van der Waals surface area contributed by atoms with Crippen LogP contribution >= 0.6 is 0 Å². The van der Waals surface area contributed by atoms with Crippen molar-refractivity contribution in [1.82, 2.24) is 50.0 Å². The molecule has 6 saturated heterocycles. The summed E-state index contributed by atoms with van der Waals surface area (Å²) in [4.78, 5) is 100. The molecule has 0 radical (unpaired) electrons. The summed E-state index contributed by atoms with van der Waals surface area (Å²) in [6.45, 7) is 4.90. The third-order valence-electron chi connectivity index (χ3n) is 20.3. The van der Waals surface area contributed by atoms with Gasteiger partial charge in [-0.3, -0.25) is 66.9 Å². The molecule has 12 atom stereocenters. The first-order chi connectivity index (χ1) is 43.4. The van der Waals surface area contributed by atoms with E-state index in [-0.39, 0.29) is 48.6 Å². The minimum Gasteiger partial charge on any atom is -0.361 e. The van der Waals surface area contributed by atoms with E-state index >= 15 is 0 Å². The van der Waals surface area contributed by atoms with Crippen molar-refractivity contribution >= 4 is 78.8 Å². The number of likely N-dealkylation sites (N-methyl/N-ethyl adjacent to an activating group) is 2. The molecule has 6 aromatic rings. The molecule has 0 unspecified atom stereocenters. The minimum absolute atomic E-state index is 0.144. The SMILES string of the molecule is CN1C[C@H](C(=O)N[C@]2(C)O[C@@]3(O)[C@@H]4CCCN4C(=O)[C@H](Cc4ccccc4)N3C2=O)C=C2c3cccc4[nH]cc(c34)C[C@H]21.CN1C[C@H](C(=O)N[C@]2(C)O[C@@]3(O)[C@@H]4CCCN4C(=O)[C@H](Cc4ccccc4)N3C2=O)C=C2c3cccc4[nH]cc(c34)C[C@H]21.O=S(=O)(O)O. The van der Waals surface area contributed by atoms with Gasteiger partial charge in [0.2, 0.25) is 35.1 Å². The van der Waals surface area contributed by atoms with E-state index in [0.717, 1.165) is 57.3 Å². The maximum absolute atomic E-state index is 14.2. The van der Waals surface area contributed by atoms with Gasteiger partial charge in [0, 0.05) is 85.3 Å². The van der Waals surface area contributed by atoms with E-state index in [0.29, 0.717) is 51.9 Å². The Bertz CT molecular complexity index is 3920. The number of aromatic amines is 2. The molecule has 2 aromatic heterocycles. The Morgan fingerprint density at radius 1 is 0.593 bits per heavy atom. The van der Waals surface area contributed by atoms with Gasteiger partial charge in [-0.2, -0.15) is 8.42 Å². The smallest absolute Gasteiger partial charge is 0.361 e. The Morgan fingerprint density at radius 2 is 0.978 bits per heavy atom. The zero-order chi connectivity index (χ0) is 63.8. The molecule has 476 valence electrons. The predicted octanol–water partition coefficient (Wildman–Crippen LogP) is 3.33. The van der Waals surface area contributed by atoms with Gasteiger partial charge in [0.25, 0.3) is 23.6 Å².